The lowest BCUT2D eigenvalue weighted by atomic mass is 9.93. The molecule has 0 bridgehead atoms. The van der Waals surface area contributed by atoms with Crippen LogP contribution in [0.3, 0.4) is 0 Å². The Bertz CT molecular complexity index is 1420. The minimum atomic E-state index is -0.616. The first kappa shape index (κ1) is 36.2. The van der Waals surface area contributed by atoms with Crippen LogP contribution in [0.25, 0.3) is 11.1 Å². The second-order valence-corrected chi connectivity index (χ2v) is 13.8. The molecule has 2 saturated heterocycles. The van der Waals surface area contributed by atoms with Crippen molar-refractivity contribution in [2.24, 2.45) is 0 Å². The SMILES string of the molecule is CCc1cc(-c2cc(C(=O)N3CCCC3)ccc2F)c(OCCCOC)cc1C(=O)N(C(C)C)C1CCCN(C(=O)OC(C)(C)C)C1. The molecule has 2 aliphatic heterocycles. The second-order valence-electron chi connectivity index (χ2n) is 13.8. The maximum Gasteiger partial charge on any atom is 0.410 e. The first-order chi connectivity index (χ1) is 22.3. The van der Waals surface area contributed by atoms with Crippen molar-refractivity contribution in [3.63, 3.8) is 0 Å². The van der Waals surface area contributed by atoms with Crippen molar-refractivity contribution in [2.45, 2.75) is 97.8 Å². The van der Waals surface area contributed by atoms with Crippen LogP contribution in [-0.2, 0) is 15.9 Å². The Balaban J connectivity index is 1.72. The van der Waals surface area contributed by atoms with Crippen LogP contribution < -0.4 is 4.74 Å². The van der Waals surface area contributed by atoms with Gasteiger partial charge < -0.3 is 28.9 Å². The van der Waals surface area contributed by atoms with Crippen molar-refractivity contribution < 1.29 is 33.0 Å². The Morgan fingerprint density at radius 1 is 0.979 bits per heavy atom. The highest BCUT2D eigenvalue weighted by atomic mass is 19.1. The first-order valence-electron chi connectivity index (χ1n) is 17.0. The van der Waals surface area contributed by atoms with Crippen LogP contribution in [0.1, 0.15) is 99.9 Å². The van der Waals surface area contributed by atoms with E-state index in [9.17, 15) is 14.4 Å². The van der Waals surface area contributed by atoms with Gasteiger partial charge in [-0.25, -0.2) is 9.18 Å². The van der Waals surface area contributed by atoms with E-state index in [0.29, 0.717) is 74.7 Å². The Labute approximate surface area is 279 Å². The molecule has 1 atom stereocenters. The number of likely N-dealkylation sites (tertiary alicyclic amines) is 2. The molecule has 2 fully saturated rings. The van der Waals surface area contributed by atoms with Crippen molar-refractivity contribution in [1.29, 1.82) is 0 Å². The molecule has 0 saturated carbocycles. The zero-order chi connectivity index (χ0) is 34.3. The molecular weight excluding hydrogens is 601 g/mol. The third-order valence-electron chi connectivity index (χ3n) is 8.70. The zero-order valence-electron chi connectivity index (χ0n) is 29.2. The summed E-state index contributed by atoms with van der Waals surface area (Å²) in [5, 5.41) is 0. The number of ether oxygens (including phenoxy) is 3. The number of nitrogens with zero attached hydrogens (tertiary/aromatic N) is 3. The molecule has 9 nitrogen and oxygen atoms in total. The average Bonchev–Trinajstić information content (AvgIpc) is 3.57. The molecule has 0 N–H and O–H groups in total. The summed E-state index contributed by atoms with van der Waals surface area (Å²) in [5.74, 6) is -0.387. The number of halogens is 1. The highest BCUT2D eigenvalue weighted by molar-refractivity contribution is 5.99. The zero-order valence-corrected chi connectivity index (χ0v) is 29.2. The van der Waals surface area contributed by atoms with E-state index in [1.165, 1.54) is 12.1 Å². The molecule has 0 spiro atoms. The van der Waals surface area contributed by atoms with Gasteiger partial charge in [0.1, 0.15) is 17.2 Å². The number of hydrogen-bond acceptors (Lipinski definition) is 6. The maximum absolute atomic E-state index is 15.6. The number of carbonyl (C=O) groups excluding carboxylic acids is 3. The van der Waals surface area contributed by atoms with E-state index in [-0.39, 0.29) is 35.6 Å². The van der Waals surface area contributed by atoms with Gasteiger partial charge in [-0.1, -0.05) is 6.92 Å². The lowest BCUT2D eigenvalue weighted by Crippen LogP contribution is -2.54. The minimum absolute atomic E-state index is 0.116. The molecule has 3 amide bonds. The molecule has 258 valence electrons. The second kappa shape index (κ2) is 16.0. The van der Waals surface area contributed by atoms with Crippen molar-refractivity contribution in [3.8, 4) is 16.9 Å². The van der Waals surface area contributed by atoms with Gasteiger partial charge in [-0.05, 0) is 103 Å². The molecule has 47 heavy (non-hydrogen) atoms. The predicted molar refractivity (Wildman–Crippen MR) is 180 cm³/mol. The predicted octanol–water partition coefficient (Wildman–Crippen LogP) is 6.96. The molecule has 10 heteroatoms. The van der Waals surface area contributed by atoms with Crippen molar-refractivity contribution in [3.05, 3.63) is 52.8 Å². The summed E-state index contributed by atoms with van der Waals surface area (Å²) in [6.45, 7) is 14.6. The maximum atomic E-state index is 15.6. The Morgan fingerprint density at radius 2 is 1.68 bits per heavy atom. The van der Waals surface area contributed by atoms with Crippen LogP contribution in [0, 0.1) is 5.82 Å². The van der Waals surface area contributed by atoms with Gasteiger partial charge in [0, 0.05) is 74.6 Å². The standard InChI is InChI=1S/C37H52FN3O6/c1-8-26-21-31(30-22-27(14-15-32(30)38)34(42)39-16-9-10-17-39)33(46-20-12-19-45-7)23-29(26)35(43)41(25(2)3)28-13-11-18-40(24-28)36(44)47-37(4,5)6/h14-15,21-23,25,28H,8-13,16-20,24H2,1-7H3. The molecule has 2 aromatic carbocycles. The van der Waals surface area contributed by atoms with Gasteiger partial charge in [-0.3, -0.25) is 9.59 Å². The van der Waals surface area contributed by atoms with Crippen molar-refractivity contribution in [2.75, 3.05) is 46.5 Å². The normalized spacial score (nSPS) is 16.8. The fourth-order valence-electron chi connectivity index (χ4n) is 6.43. The summed E-state index contributed by atoms with van der Waals surface area (Å²) >= 11 is 0. The number of piperidine rings is 1. The fourth-order valence-corrected chi connectivity index (χ4v) is 6.43. The molecule has 1 unspecified atom stereocenters. The number of amides is 3. The number of methoxy groups -OCH3 is 1. The lowest BCUT2D eigenvalue weighted by Gasteiger charge is -2.42. The highest BCUT2D eigenvalue weighted by Crippen LogP contribution is 2.37. The molecule has 0 aromatic heterocycles. The number of aryl methyl sites for hydroxylation is 1. The molecule has 2 aromatic rings. The lowest BCUT2D eigenvalue weighted by molar-refractivity contribution is 0.00749. The smallest absolute Gasteiger partial charge is 0.410 e. The Kier molecular flexibility index (Phi) is 12.3. The summed E-state index contributed by atoms with van der Waals surface area (Å²) in [5.41, 5.74) is 1.78. The van der Waals surface area contributed by atoms with E-state index in [1.54, 1.807) is 29.0 Å². The third kappa shape index (κ3) is 9.03. The van der Waals surface area contributed by atoms with Gasteiger partial charge in [-0.2, -0.15) is 0 Å². The van der Waals surface area contributed by atoms with E-state index in [2.05, 4.69) is 0 Å². The van der Waals surface area contributed by atoms with Crippen molar-refractivity contribution >= 4 is 17.9 Å². The van der Waals surface area contributed by atoms with Crippen LogP contribution in [0.4, 0.5) is 9.18 Å². The van der Waals surface area contributed by atoms with Crippen LogP contribution in [0.15, 0.2) is 30.3 Å². The van der Waals surface area contributed by atoms with Crippen LogP contribution in [0.5, 0.6) is 5.75 Å². The fraction of sp³-hybridized carbons (Fsp3) is 0.595. The number of hydrogen-bond donors (Lipinski definition) is 0. The molecule has 2 aliphatic rings. The Hall–Kier alpha value is -3.66. The van der Waals surface area contributed by atoms with Gasteiger partial charge in [0.25, 0.3) is 11.8 Å². The highest BCUT2D eigenvalue weighted by Gasteiger charge is 2.35. The van der Waals surface area contributed by atoms with Gasteiger partial charge in [0.15, 0.2) is 0 Å². The summed E-state index contributed by atoms with van der Waals surface area (Å²) in [6.07, 6.45) is 4.17. The van der Waals surface area contributed by atoms with Gasteiger partial charge >= 0.3 is 6.09 Å². The average molecular weight is 654 g/mol. The van der Waals surface area contributed by atoms with Gasteiger partial charge in [0.2, 0.25) is 0 Å². The molecular formula is C37H52FN3O6. The summed E-state index contributed by atoms with van der Waals surface area (Å²) in [7, 11) is 1.62. The monoisotopic (exact) mass is 653 g/mol. The molecule has 2 heterocycles. The van der Waals surface area contributed by atoms with Crippen LogP contribution in [-0.4, -0.2) is 96.8 Å². The largest absolute Gasteiger partial charge is 0.493 e. The summed E-state index contributed by atoms with van der Waals surface area (Å²) in [6, 6.07) is 7.66. The molecule has 0 aliphatic carbocycles. The quantitative estimate of drug-likeness (QED) is 0.244. The Morgan fingerprint density at radius 3 is 2.32 bits per heavy atom. The van der Waals surface area contributed by atoms with Gasteiger partial charge in [0.05, 0.1) is 12.6 Å². The molecule has 0 radical (unpaired) electrons. The third-order valence-corrected chi connectivity index (χ3v) is 8.70. The number of benzene rings is 2. The topological polar surface area (TPSA) is 88.6 Å². The summed E-state index contributed by atoms with van der Waals surface area (Å²) in [4.78, 5) is 46.0. The van der Waals surface area contributed by atoms with E-state index in [4.69, 9.17) is 14.2 Å². The van der Waals surface area contributed by atoms with E-state index < -0.39 is 11.4 Å². The van der Waals surface area contributed by atoms with E-state index in [1.807, 2.05) is 52.5 Å². The first-order valence-corrected chi connectivity index (χ1v) is 17.0. The van der Waals surface area contributed by atoms with Crippen LogP contribution in [0.2, 0.25) is 0 Å². The summed E-state index contributed by atoms with van der Waals surface area (Å²) < 4.78 is 32.7. The van der Waals surface area contributed by atoms with E-state index in [0.717, 1.165) is 31.2 Å². The van der Waals surface area contributed by atoms with Gasteiger partial charge in [-0.15, -0.1) is 0 Å². The number of carbonyl (C=O) groups is 3. The van der Waals surface area contributed by atoms with Crippen molar-refractivity contribution in [1.82, 2.24) is 14.7 Å². The molecule has 4 rings (SSSR count). The van der Waals surface area contributed by atoms with Crippen LogP contribution >= 0.6 is 0 Å². The van der Waals surface area contributed by atoms with E-state index >= 15 is 4.39 Å². The minimum Gasteiger partial charge on any atom is -0.493 e. The number of rotatable bonds is 11.